The summed E-state index contributed by atoms with van der Waals surface area (Å²) in [6.07, 6.45) is 1.65. The van der Waals surface area contributed by atoms with Gasteiger partial charge >= 0.3 is 0 Å². The lowest BCUT2D eigenvalue weighted by molar-refractivity contribution is 0.104. The van der Waals surface area contributed by atoms with Crippen LogP contribution in [0.3, 0.4) is 0 Å². The summed E-state index contributed by atoms with van der Waals surface area (Å²) < 4.78 is 0. The van der Waals surface area contributed by atoms with Gasteiger partial charge in [-0.2, -0.15) is 0 Å². The van der Waals surface area contributed by atoms with Gasteiger partial charge in [-0.3, -0.25) is 4.79 Å². The Morgan fingerprint density at radius 2 is 1.50 bits per heavy atom. The average Bonchev–Trinajstić information content (AvgIpc) is 2.25. The first-order valence-corrected chi connectivity index (χ1v) is 5.18. The Morgan fingerprint density at radius 3 is 1.94 bits per heavy atom. The summed E-state index contributed by atoms with van der Waals surface area (Å²) in [7, 11) is 7.68. The van der Waals surface area contributed by atoms with Crippen molar-refractivity contribution in [3.05, 3.63) is 47.8 Å². The molecular weight excluding hydrogens is 200 g/mol. The van der Waals surface area contributed by atoms with E-state index in [2.05, 4.69) is 0 Å². The van der Waals surface area contributed by atoms with Gasteiger partial charge in [-0.25, -0.2) is 0 Å². The summed E-state index contributed by atoms with van der Waals surface area (Å²) in [5.41, 5.74) is 0.712. The third kappa shape index (κ3) is 3.12. The Balaban J connectivity index is 2.94. The molecule has 0 unspecified atom stereocenters. The van der Waals surface area contributed by atoms with Gasteiger partial charge in [-0.15, -0.1) is 0 Å². The van der Waals surface area contributed by atoms with Crippen molar-refractivity contribution < 1.29 is 4.79 Å². The predicted octanol–water partition coefficient (Wildman–Crippen LogP) is 1.83. The van der Waals surface area contributed by atoms with E-state index >= 15 is 0 Å². The van der Waals surface area contributed by atoms with Crippen molar-refractivity contribution in [3.8, 4) is 0 Å². The van der Waals surface area contributed by atoms with Crippen molar-refractivity contribution in [2.24, 2.45) is 0 Å². The summed E-state index contributed by atoms with van der Waals surface area (Å²) in [6.45, 7) is 0. The molecular formula is C13H18N2O. The second kappa shape index (κ2) is 5.35. The van der Waals surface area contributed by atoms with Crippen LogP contribution in [0, 0.1) is 0 Å². The minimum atomic E-state index is 0.0259. The van der Waals surface area contributed by atoms with Gasteiger partial charge in [0, 0.05) is 39.8 Å². The third-order valence-electron chi connectivity index (χ3n) is 2.23. The molecule has 1 aromatic carbocycles. The minimum absolute atomic E-state index is 0.0259. The Kier molecular flexibility index (Phi) is 4.11. The zero-order valence-corrected chi connectivity index (χ0v) is 10.3. The summed E-state index contributed by atoms with van der Waals surface area (Å²) >= 11 is 0. The quantitative estimate of drug-likeness (QED) is 0.569. The van der Waals surface area contributed by atoms with Crippen molar-refractivity contribution in [1.82, 2.24) is 9.80 Å². The number of hydrogen-bond donors (Lipinski definition) is 0. The fourth-order valence-corrected chi connectivity index (χ4v) is 1.46. The Bertz CT molecular complexity index is 370. The molecule has 3 nitrogen and oxygen atoms in total. The van der Waals surface area contributed by atoms with E-state index in [4.69, 9.17) is 0 Å². The van der Waals surface area contributed by atoms with Crippen LogP contribution in [0.1, 0.15) is 10.4 Å². The molecule has 0 aliphatic heterocycles. The summed E-state index contributed by atoms with van der Waals surface area (Å²) in [5, 5.41) is 0. The number of carbonyl (C=O) groups is 1. The number of ketones is 1. The molecule has 0 bridgehead atoms. The van der Waals surface area contributed by atoms with E-state index < -0.39 is 0 Å². The number of rotatable bonds is 4. The van der Waals surface area contributed by atoms with E-state index in [-0.39, 0.29) is 5.78 Å². The van der Waals surface area contributed by atoms with Gasteiger partial charge in [-0.1, -0.05) is 30.3 Å². The normalized spacial score (nSPS) is 9.50. The molecule has 0 atom stereocenters. The van der Waals surface area contributed by atoms with E-state index in [1.807, 2.05) is 68.3 Å². The molecule has 0 saturated heterocycles. The summed E-state index contributed by atoms with van der Waals surface area (Å²) in [6, 6.07) is 9.28. The van der Waals surface area contributed by atoms with Crippen LogP contribution in [-0.4, -0.2) is 43.8 Å². The molecule has 3 heteroatoms. The maximum absolute atomic E-state index is 11.9. The summed E-state index contributed by atoms with van der Waals surface area (Å²) in [5.74, 6) is 0.909. The largest absolute Gasteiger partial charge is 0.364 e. The number of carbonyl (C=O) groups excluding carboxylic acids is 1. The van der Waals surface area contributed by atoms with Crippen LogP contribution in [0.5, 0.6) is 0 Å². The molecule has 0 spiro atoms. The van der Waals surface area contributed by atoms with Crippen molar-refractivity contribution in [2.45, 2.75) is 0 Å². The monoisotopic (exact) mass is 218 g/mol. The van der Waals surface area contributed by atoms with Gasteiger partial charge in [0.05, 0.1) is 0 Å². The summed E-state index contributed by atoms with van der Waals surface area (Å²) in [4.78, 5) is 15.8. The molecule has 0 amide bonds. The molecule has 0 radical (unpaired) electrons. The maximum Gasteiger partial charge on any atom is 0.189 e. The van der Waals surface area contributed by atoms with Crippen LogP contribution in [-0.2, 0) is 0 Å². The van der Waals surface area contributed by atoms with Gasteiger partial charge in [0.1, 0.15) is 5.82 Å². The van der Waals surface area contributed by atoms with E-state index in [1.165, 1.54) is 0 Å². The lowest BCUT2D eigenvalue weighted by atomic mass is 10.1. The first kappa shape index (κ1) is 12.3. The van der Waals surface area contributed by atoms with Crippen LogP contribution in [0.25, 0.3) is 0 Å². The van der Waals surface area contributed by atoms with E-state index in [1.54, 1.807) is 6.08 Å². The van der Waals surface area contributed by atoms with Crippen LogP contribution in [0.15, 0.2) is 42.2 Å². The van der Waals surface area contributed by atoms with Gasteiger partial charge < -0.3 is 9.80 Å². The molecule has 0 fully saturated rings. The highest BCUT2D eigenvalue weighted by Gasteiger charge is 2.07. The minimum Gasteiger partial charge on any atom is -0.364 e. The van der Waals surface area contributed by atoms with Crippen molar-refractivity contribution in [2.75, 3.05) is 28.2 Å². The van der Waals surface area contributed by atoms with Crippen LogP contribution < -0.4 is 0 Å². The molecule has 16 heavy (non-hydrogen) atoms. The Hall–Kier alpha value is -1.77. The molecule has 1 rings (SSSR count). The maximum atomic E-state index is 11.9. The average molecular weight is 218 g/mol. The van der Waals surface area contributed by atoms with Gasteiger partial charge in [0.15, 0.2) is 5.78 Å². The van der Waals surface area contributed by atoms with E-state index in [9.17, 15) is 4.79 Å². The number of nitrogens with zero attached hydrogens (tertiary/aromatic N) is 2. The highest BCUT2D eigenvalue weighted by molar-refractivity contribution is 6.04. The topological polar surface area (TPSA) is 23.6 Å². The fraction of sp³-hybridized carbons (Fsp3) is 0.308. The molecule has 0 N–H and O–H groups in total. The first-order chi connectivity index (χ1) is 7.52. The number of benzene rings is 1. The lowest BCUT2D eigenvalue weighted by Gasteiger charge is -2.24. The standard InChI is InChI=1S/C13H18N2O/c1-14(2)13(15(3)4)10-12(16)11-8-6-5-7-9-11/h5-10H,1-4H3. The van der Waals surface area contributed by atoms with Crippen molar-refractivity contribution >= 4 is 5.78 Å². The second-order valence-electron chi connectivity index (χ2n) is 4.02. The van der Waals surface area contributed by atoms with Crippen LogP contribution >= 0.6 is 0 Å². The number of hydrogen-bond acceptors (Lipinski definition) is 3. The molecule has 0 aliphatic carbocycles. The van der Waals surface area contributed by atoms with E-state index in [0.717, 1.165) is 5.82 Å². The predicted molar refractivity (Wildman–Crippen MR) is 66.2 cm³/mol. The second-order valence-corrected chi connectivity index (χ2v) is 4.02. The van der Waals surface area contributed by atoms with Gasteiger partial charge in [0.2, 0.25) is 0 Å². The zero-order valence-electron chi connectivity index (χ0n) is 10.3. The SMILES string of the molecule is CN(C)C(=CC(=O)c1ccccc1)N(C)C. The Morgan fingerprint density at radius 1 is 1.00 bits per heavy atom. The third-order valence-corrected chi connectivity index (χ3v) is 2.23. The molecule has 1 aromatic rings. The van der Waals surface area contributed by atoms with Gasteiger partial charge in [-0.05, 0) is 0 Å². The molecule has 0 aromatic heterocycles. The Labute approximate surface area is 97.0 Å². The molecule has 0 aliphatic rings. The lowest BCUT2D eigenvalue weighted by Crippen LogP contribution is -2.25. The number of allylic oxidation sites excluding steroid dienone is 1. The van der Waals surface area contributed by atoms with Crippen molar-refractivity contribution in [3.63, 3.8) is 0 Å². The first-order valence-electron chi connectivity index (χ1n) is 5.18. The van der Waals surface area contributed by atoms with Gasteiger partial charge in [0.25, 0.3) is 0 Å². The molecule has 86 valence electrons. The van der Waals surface area contributed by atoms with Crippen LogP contribution in [0.4, 0.5) is 0 Å². The molecule has 0 saturated carbocycles. The van der Waals surface area contributed by atoms with Crippen LogP contribution in [0.2, 0.25) is 0 Å². The highest BCUT2D eigenvalue weighted by Crippen LogP contribution is 2.07. The fourth-order valence-electron chi connectivity index (χ4n) is 1.46. The molecule has 0 heterocycles. The highest BCUT2D eigenvalue weighted by atomic mass is 16.1. The van der Waals surface area contributed by atoms with Crippen molar-refractivity contribution in [1.29, 1.82) is 0 Å². The zero-order chi connectivity index (χ0) is 12.1. The van der Waals surface area contributed by atoms with E-state index in [0.29, 0.717) is 5.56 Å². The smallest absolute Gasteiger partial charge is 0.189 e.